The number of carbonyl (C=O) groups is 2. The normalized spacial score (nSPS) is 15.7. The Hall–Kier alpha value is -1.43. The van der Waals surface area contributed by atoms with E-state index in [4.69, 9.17) is 5.11 Å². The summed E-state index contributed by atoms with van der Waals surface area (Å²) in [7, 11) is 0. The topological polar surface area (TPSA) is 66.4 Å². The van der Waals surface area contributed by atoms with E-state index in [9.17, 15) is 14.0 Å². The van der Waals surface area contributed by atoms with Gasteiger partial charge in [0.25, 0.3) is 0 Å². The van der Waals surface area contributed by atoms with Crippen LogP contribution in [0.15, 0.2) is 22.7 Å². The molecule has 6 heteroatoms. The van der Waals surface area contributed by atoms with Crippen LogP contribution in [0, 0.1) is 11.7 Å². The van der Waals surface area contributed by atoms with Crippen molar-refractivity contribution in [3.63, 3.8) is 0 Å². The average molecular weight is 344 g/mol. The molecule has 0 spiro atoms. The van der Waals surface area contributed by atoms with Crippen LogP contribution >= 0.6 is 15.9 Å². The standard InChI is InChI=1S/C14H15BrFNO3/c15-11-5-4-10(16)7-9(11)3-6-12(18)17-13(14(19)20)8-1-2-8/h4-5,7-8,13H,1-3,6H2,(H,17,18)(H,19,20). The van der Waals surface area contributed by atoms with Crippen molar-refractivity contribution in [3.8, 4) is 0 Å². The summed E-state index contributed by atoms with van der Waals surface area (Å²) in [5.41, 5.74) is 0.693. The summed E-state index contributed by atoms with van der Waals surface area (Å²) < 4.78 is 13.8. The second kappa shape index (κ2) is 6.35. The van der Waals surface area contributed by atoms with Crippen molar-refractivity contribution in [3.05, 3.63) is 34.1 Å². The van der Waals surface area contributed by atoms with Crippen LogP contribution in [0.3, 0.4) is 0 Å². The third kappa shape index (κ3) is 4.03. The number of carboxylic acid groups (broad SMARTS) is 1. The van der Waals surface area contributed by atoms with Gasteiger partial charge in [0.05, 0.1) is 0 Å². The molecule has 2 rings (SSSR count). The maximum atomic E-state index is 13.1. The molecule has 1 aliphatic carbocycles. The minimum Gasteiger partial charge on any atom is -0.480 e. The summed E-state index contributed by atoms with van der Waals surface area (Å²) in [6, 6.07) is 3.50. The molecule has 0 heterocycles. The van der Waals surface area contributed by atoms with E-state index in [1.807, 2.05) is 0 Å². The fourth-order valence-corrected chi connectivity index (χ4v) is 2.48. The Balaban J connectivity index is 1.88. The van der Waals surface area contributed by atoms with Crippen molar-refractivity contribution in [1.82, 2.24) is 5.32 Å². The number of carboxylic acids is 1. The highest BCUT2D eigenvalue weighted by atomic mass is 79.9. The summed E-state index contributed by atoms with van der Waals surface area (Å²) in [6.07, 6.45) is 2.18. The molecular formula is C14H15BrFNO3. The molecule has 2 N–H and O–H groups in total. The van der Waals surface area contributed by atoms with Crippen LogP contribution in [0.2, 0.25) is 0 Å². The SMILES string of the molecule is O=C(CCc1cc(F)ccc1Br)NC(C(=O)O)C1CC1. The molecule has 0 saturated heterocycles. The Bertz CT molecular complexity index is 531. The van der Waals surface area contributed by atoms with Crippen molar-refractivity contribution < 1.29 is 19.1 Å². The molecule has 1 unspecified atom stereocenters. The Morgan fingerprint density at radius 2 is 2.15 bits per heavy atom. The smallest absolute Gasteiger partial charge is 0.326 e. The molecule has 1 aromatic carbocycles. The average Bonchev–Trinajstić information content (AvgIpc) is 3.21. The zero-order chi connectivity index (χ0) is 14.7. The first-order valence-electron chi connectivity index (χ1n) is 6.43. The van der Waals surface area contributed by atoms with Gasteiger partial charge in [0.2, 0.25) is 5.91 Å². The van der Waals surface area contributed by atoms with Gasteiger partial charge in [-0.1, -0.05) is 15.9 Å². The number of benzene rings is 1. The molecule has 4 nitrogen and oxygen atoms in total. The van der Waals surface area contributed by atoms with E-state index in [1.54, 1.807) is 6.07 Å². The van der Waals surface area contributed by atoms with E-state index in [-0.39, 0.29) is 24.1 Å². The largest absolute Gasteiger partial charge is 0.480 e. The van der Waals surface area contributed by atoms with Gasteiger partial charge in [-0.05, 0) is 48.9 Å². The van der Waals surface area contributed by atoms with Gasteiger partial charge in [0.15, 0.2) is 0 Å². The number of rotatable bonds is 6. The van der Waals surface area contributed by atoms with Crippen molar-refractivity contribution >= 4 is 27.8 Å². The number of hydrogen-bond donors (Lipinski definition) is 2. The first-order valence-corrected chi connectivity index (χ1v) is 7.23. The van der Waals surface area contributed by atoms with Crippen LogP contribution in [0.25, 0.3) is 0 Å². The van der Waals surface area contributed by atoms with Crippen molar-refractivity contribution in [2.24, 2.45) is 5.92 Å². The summed E-state index contributed by atoms with van der Waals surface area (Å²) in [5, 5.41) is 11.6. The molecule has 1 saturated carbocycles. The number of amides is 1. The van der Waals surface area contributed by atoms with Gasteiger partial charge in [-0.25, -0.2) is 9.18 Å². The summed E-state index contributed by atoms with van der Waals surface area (Å²) in [4.78, 5) is 22.8. The molecule has 1 fully saturated rings. The molecule has 20 heavy (non-hydrogen) atoms. The monoisotopic (exact) mass is 343 g/mol. The molecule has 0 bridgehead atoms. The number of halogens is 2. The van der Waals surface area contributed by atoms with Crippen LogP contribution in [0.5, 0.6) is 0 Å². The fraction of sp³-hybridized carbons (Fsp3) is 0.429. The summed E-state index contributed by atoms with van der Waals surface area (Å²) in [5.74, 6) is -1.62. The lowest BCUT2D eigenvalue weighted by molar-refractivity contribution is -0.142. The fourth-order valence-electron chi connectivity index (χ4n) is 2.04. The van der Waals surface area contributed by atoms with E-state index >= 15 is 0 Å². The molecule has 0 radical (unpaired) electrons. The van der Waals surface area contributed by atoms with Gasteiger partial charge in [-0.15, -0.1) is 0 Å². The summed E-state index contributed by atoms with van der Waals surface area (Å²) >= 11 is 3.30. The predicted molar refractivity (Wildman–Crippen MR) is 74.7 cm³/mol. The second-order valence-electron chi connectivity index (χ2n) is 4.96. The molecule has 1 aliphatic rings. The molecule has 0 aromatic heterocycles. The van der Waals surface area contributed by atoms with Crippen LogP contribution < -0.4 is 5.32 Å². The van der Waals surface area contributed by atoms with Crippen molar-refractivity contribution in [1.29, 1.82) is 0 Å². The van der Waals surface area contributed by atoms with Crippen LogP contribution in [0.1, 0.15) is 24.8 Å². The Kier molecular flexibility index (Phi) is 4.75. The molecule has 0 aliphatic heterocycles. The van der Waals surface area contributed by atoms with Gasteiger partial charge >= 0.3 is 5.97 Å². The summed E-state index contributed by atoms with van der Waals surface area (Å²) in [6.45, 7) is 0. The van der Waals surface area contributed by atoms with Gasteiger partial charge in [0, 0.05) is 10.9 Å². The lowest BCUT2D eigenvalue weighted by Gasteiger charge is -2.13. The first kappa shape index (κ1) is 15.0. The van der Waals surface area contributed by atoms with E-state index in [0.29, 0.717) is 12.0 Å². The third-order valence-corrected chi connectivity index (χ3v) is 4.08. The van der Waals surface area contributed by atoms with Gasteiger partial charge in [0.1, 0.15) is 11.9 Å². The molecule has 1 amide bonds. The van der Waals surface area contributed by atoms with E-state index in [0.717, 1.165) is 17.3 Å². The Morgan fingerprint density at radius 1 is 1.45 bits per heavy atom. The number of aliphatic carboxylic acids is 1. The van der Waals surface area contributed by atoms with Gasteiger partial charge in [-0.3, -0.25) is 4.79 Å². The molecule has 1 atom stereocenters. The highest BCUT2D eigenvalue weighted by Crippen LogP contribution is 2.32. The number of carbonyl (C=O) groups excluding carboxylic acids is 1. The van der Waals surface area contributed by atoms with Crippen LogP contribution in [0.4, 0.5) is 4.39 Å². The third-order valence-electron chi connectivity index (χ3n) is 3.31. The Morgan fingerprint density at radius 3 is 2.75 bits per heavy atom. The lowest BCUT2D eigenvalue weighted by Crippen LogP contribution is -2.42. The quantitative estimate of drug-likeness (QED) is 0.833. The highest BCUT2D eigenvalue weighted by Gasteiger charge is 2.37. The minimum absolute atomic E-state index is 0.0531. The van der Waals surface area contributed by atoms with E-state index in [1.165, 1.54) is 12.1 Å². The van der Waals surface area contributed by atoms with Gasteiger partial charge < -0.3 is 10.4 Å². The van der Waals surface area contributed by atoms with E-state index < -0.39 is 12.0 Å². The molecule has 1 aromatic rings. The number of hydrogen-bond acceptors (Lipinski definition) is 2. The van der Waals surface area contributed by atoms with Crippen LogP contribution in [-0.4, -0.2) is 23.0 Å². The van der Waals surface area contributed by atoms with Gasteiger partial charge in [-0.2, -0.15) is 0 Å². The molecule has 108 valence electrons. The van der Waals surface area contributed by atoms with E-state index in [2.05, 4.69) is 21.2 Å². The number of nitrogens with one attached hydrogen (secondary N) is 1. The predicted octanol–water partition coefficient (Wildman–Crippen LogP) is 2.50. The zero-order valence-corrected chi connectivity index (χ0v) is 12.3. The first-order chi connectivity index (χ1) is 9.47. The second-order valence-corrected chi connectivity index (χ2v) is 5.81. The van der Waals surface area contributed by atoms with Crippen LogP contribution in [-0.2, 0) is 16.0 Å². The minimum atomic E-state index is -0.993. The maximum absolute atomic E-state index is 13.1. The van der Waals surface area contributed by atoms with Crippen molar-refractivity contribution in [2.75, 3.05) is 0 Å². The van der Waals surface area contributed by atoms with Crippen molar-refractivity contribution in [2.45, 2.75) is 31.7 Å². The Labute approximate surface area is 124 Å². The maximum Gasteiger partial charge on any atom is 0.326 e. The lowest BCUT2D eigenvalue weighted by atomic mass is 10.1. The highest BCUT2D eigenvalue weighted by molar-refractivity contribution is 9.10. The number of aryl methyl sites for hydroxylation is 1. The zero-order valence-electron chi connectivity index (χ0n) is 10.7. The molecular weight excluding hydrogens is 329 g/mol.